The Bertz CT molecular complexity index is 1590. The fourth-order valence-electron chi connectivity index (χ4n) is 5.37. The molecule has 0 spiro atoms. The number of imide groups is 1. The Morgan fingerprint density at radius 2 is 1.60 bits per heavy atom. The number of piperazine rings is 1. The second-order valence-corrected chi connectivity index (χ2v) is 10.3. The van der Waals surface area contributed by atoms with Crippen LogP contribution in [0, 0.1) is 5.82 Å². The van der Waals surface area contributed by atoms with Gasteiger partial charge in [0.15, 0.2) is 0 Å². The number of carbonyl (C=O) groups is 2. The maximum atomic E-state index is 13.2. The van der Waals surface area contributed by atoms with E-state index in [0.29, 0.717) is 23.3 Å². The summed E-state index contributed by atoms with van der Waals surface area (Å²) in [6.07, 6.45) is 0.452. The Balaban J connectivity index is 1.06. The average molecular weight is 544 g/mol. The molecule has 2 N–H and O–H groups in total. The van der Waals surface area contributed by atoms with E-state index in [9.17, 15) is 18.8 Å². The molecule has 3 heterocycles. The number of benzene rings is 3. The minimum Gasteiger partial charge on any atom is -0.487 e. The van der Waals surface area contributed by atoms with E-state index in [4.69, 9.17) is 4.74 Å². The summed E-state index contributed by atoms with van der Waals surface area (Å²) in [6.45, 7) is 4.84. The van der Waals surface area contributed by atoms with Crippen molar-refractivity contribution in [2.24, 2.45) is 0 Å². The van der Waals surface area contributed by atoms with Crippen molar-refractivity contribution in [3.63, 3.8) is 0 Å². The number of piperidine rings is 1. The number of hydrogen-bond acceptors (Lipinski definition) is 6. The van der Waals surface area contributed by atoms with E-state index in [1.54, 1.807) is 18.2 Å². The summed E-state index contributed by atoms with van der Waals surface area (Å²) in [5, 5.41) is 5.76. The average Bonchev–Trinajstić information content (AvgIpc) is 3.30. The molecule has 2 amide bonds. The highest BCUT2D eigenvalue weighted by Crippen LogP contribution is 2.25. The Kier molecular flexibility index (Phi) is 7.08. The molecule has 1 atom stereocenters. The van der Waals surface area contributed by atoms with Crippen molar-refractivity contribution in [3.8, 4) is 5.75 Å². The van der Waals surface area contributed by atoms with E-state index in [0.717, 1.165) is 44.0 Å². The number of H-pyrrole nitrogens is 1. The van der Waals surface area contributed by atoms with Crippen LogP contribution in [0.3, 0.4) is 0 Å². The van der Waals surface area contributed by atoms with Crippen LogP contribution in [0.15, 0.2) is 71.5 Å². The number of nitrogens with one attached hydrogen (secondary N) is 2. The Morgan fingerprint density at radius 3 is 2.33 bits per heavy atom. The molecule has 1 aromatic heterocycles. The highest BCUT2D eigenvalue weighted by atomic mass is 19.1. The maximum absolute atomic E-state index is 13.2. The molecule has 0 bridgehead atoms. The number of aromatic amines is 1. The van der Waals surface area contributed by atoms with Gasteiger partial charge in [0.25, 0.3) is 11.5 Å². The quantitative estimate of drug-likeness (QED) is 0.347. The van der Waals surface area contributed by atoms with Crippen molar-refractivity contribution in [2.45, 2.75) is 32.0 Å². The number of aromatic nitrogens is 2. The second-order valence-electron chi connectivity index (χ2n) is 10.3. The maximum Gasteiger partial charge on any atom is 0.275 e. The van der Waals surface area contributed by atoms with E-state index in [1.807, 2.05) is 24.3 Å². The van der Waals surface area contributed by atoms with E-state index in [1.165, 1.54) is 22.4 Å². The molecule has 1 unspecified atom stereocenters. The highest BCUT2D eigenvalue weighted by molar-refractivity contribution is 5.99. The first-order valence-electron chi connectivity index (χ1n) is 13.4. The summed E-state index contributed by atoms with van der Waals surface area (Å²) < 4.78 is 20.6. The molecule has 10 heteroatoms. The number of nitrogens with zero attached hydrogens (tertiary/aromatic N) is 3. The highest BCUT2D eigenvalue weighted by Gasteiger charge is 2.30. The molecule has 0 saturated carbocycles. The molecule has 2 fully saturated rings. The zero-order chi connectivity index (χ0) is 27.6. The number of hydrogen-bond donors (Lipinski definition) is 2. The summed E-state index contributed by atoms with van der Waals surface area (Å²) in [7, 11) is 0. The lowest BCUT2D eigenvalue weighted by Gasteiger charge is -2.36. The van der Waals surface area contributed by atoms with Gasteiger partial charge in [0.1, 0.15) is 29.7 Å². The molecule has 9 nitrogen and oxygen atoms in total. The number of fused-ring (bicyclic) bond motifs is 1. The largest absolute Gasteiger partial charge is 0.487 e. The van der Waals surface area contributed by atoms with Crippen LogP contribution < -0.4 is 20.5 Å². The zero-order valence-corrected chi connectivity index (χ0v) is 21.9. The van der Waals surface area contributed by atoms with Gasteiger partial charge in [-0.2, -0.15) is 0 Å². The Hall–Kier alpha value is -4.44. The topological polar surface area (TPSA) is 99.7 Å². The predicted octanol–water partition coefficient (Wildman–Crippen LogP) is 3.35. The molecule has 40 heavy (non-hydrogen) atoms. The Labute approximate surface area is 230 Å². The monoisotopic (exact) mass is 543 g/mol. The van der Waals surface area contributed by atoms with Gasteiger partial charge in [0.05, 0.1) is 5.39 Å². The number of halogens is 1. The first-order valence-corrected chi connectivity index (χ1v) is 13.4. The zero-order valence-electron chi connectivity index (χ0n) is 21.9. The molecule has 0 radical (unpaired) electrons. The van der Waals surface area contributed by atoms with Gasteiger partial charge in [0, 0.05) is 44.8 Å². The van der Waals surface area contributed by atoms with Gasteiger partial charge in [-0.1, -0.05) is 30.3 Å². The summed E-state index contributed by atoms with van der Waals surface area (Å²) in [5.74, 6) is -0.511. The number of ether oxygens (including phenoxy) is 1. The van der Waals surface area contributed by atoms with Gasteiger partial charge >= 0.3 is 0 Å². The molecule has 6 rings (SSSR count). The van der Waals surface area contributed by atoms with Crippen LogP contribution in [0.25, 0.3) is 10.9 Å². The first-order chi connectivity index (χ1) is 19.4. The van der Waals surface area contributed by atoms with Gasteiger partial charge < -0.3 is 9.64 Å². The van der Waals surface area contributed by atoms with Gasteiger partial charge in [0.2, 0.25) is 5.91 Å². The minimum absolute atomic E-state index is 0.184. The van der Waals surface area contributed by atoms with Crippen molar-refractivity contribution >= 4 is 28.4 Å². The molecule has 206 valence electrons. The summed E-state index contributed by atoms with van der Waals surface area (Å²) in [6, 6.07) is 19.4. The third-order valence-electron chi connectivity index (χ3n) is 7.62. The molecular weight excluding hydrogens is 513 g/mol. The normalized spacial score (nSPS) is 18.2. The summed E-state index contributed by atoms with van der Waals surface area (Å²) in [5.41, 5.74) is 3.46. The first kappa shape index (κ1) is 25.8. The number of anilines is 1. The lowest BCUT2D eigenvalue weighted by Crippen LogP contribution is -2.45. The van der Waals surface area contributed by atoms with Gasteiger partial charge in [-0.25, -0.2) is 9.07 Å². The van der Waals surface area contributed by atoms with Crippen molar-refractivity contribution in [1.82, 2.24) is 20.0 Å². The third kappa shape index (κ3) is 5.35. The molecule has 3 aromatic carbocycles. The van der Waals surface area contributed by atoms with Crippen molar-refractivity contribution in [3.05, 3.63) is 94.0 Å². The molecule has 0 aliphatic carbocycles. The van der Waals surface area contributed by atoms with Crippen LogP contribution >= 0.6 is 0 Å². The Morgan fingerprint density at radius 1 is 0.875 bits per heavy atom. The number of rotatable bonds is 7. The fourth-order valence-corrected chi connectivity index (χ4v) is 5.37. The van der Waals surface area contributed by atoms with Crippen LogP contribution in [0.1, 0.15) is 30.0 Å². The summed E-state index contributed by atoms with van der Waals surface area (Å²) in [4.78, 5) is 41.5. The standard InChI is InChI=1S/C30H30FN5O4/c31-22-8-10-23(11-9-22)35-16-14-34(15-17-35)18-20-4-6-21(7-5-20)19-40-26-3-1-2-24-28(26)33-36(30(24)39)25-12-13-27(37)32-29(25)38/h1-11,25,33H,12-19H2,(H,32,37,38). The molecule has 2 aliphatic heterocycles. The second kappa shape index (κ2) is 11.0. The minimum atomic E-state index is -0.760. The van der Waals surface area contributed by atoms with Crippen LogP contribution in [0.5, 0.6) is 5.75 Å². The van der Waals surface area contributed by atoms with Gasteiger partial charge in [-0.05, 0) is 53.9 Å². The summed E-state index contributed by atoms with van der Waals surface area (Å²) >= 11 is 0. The van der Waals surface area contributed by atoms with Gasteiger partial charge in [-0.3, -0.25) is 29.7 Å². The number of carbonyl (C=O) groups excluding carboxylic acids is 2. The van der Waals surface area contributed by atoms with Crippen LogP contribution in [0.4, 0.5) is 10.1 Å². The van der Waals surface area contributed by atoms with Gasteiger partial charge in [-0.15, -0.1) is 0 Å². The SMILES string of the molecule is O=C1CCC(n2[nH]c3c(OCc4ccc(CN5CCN(c6ccc(F)cc6)CC5)cc4)cccc3c2=O)C(=O)N1. The smallest absolute Gasteiger partial charge is 0.275 e. The fraction of sp³-hybridized carbons (Fsp3) is 0.300. The van der Waals surface area contributed by atoms with E-state index in [-0.39, 0.29) is 30.1 Å². The van der Waals surface area contributed by atoms with E-state index < -0.39 is 11.9 Å². The number of amides is 2. The number of para-hydroxylation sites is 1. The molecule has 2 aliphatic rings. The third-order valence-corrected chi connectivity index (χ3v) is 7.62. The molecular formula is C30H30FN5O4. The van der Waals surface area contributed by atoms with E-state index in [2.05, 4.69) is 32.3 Å². The van der Waals surface area contributed by atoms with Crippen LogP contribution in [0.2, 0.25) is 0 Å². The van der Waals surface area contributed by atoms with Crippen molar-refractivity contribution < 1.29 is 18.7 Å². The van der Waals surface area contributed by atoms with Crippen molar-refractivity contribution in [2.75, 3.05) is 31.1 Å². The van der Waals surface area contributed by atoms with Crippen LogP contribution in [-0.2, 0) is 22.7 Å². The van der Waals surface area contributed by atoms with Crippen LogP contribution in [-0.4, -0.2) is 52.7 Å². The lowest BCUT2D eigenvalue weighted by atomic mass is 10.1. The molecule has 2 saturated heterocycles. The van der Waals surface area contributed by atoms with Crippen molar-refractivity contribution in [1.29, 1.82) is 0 Å². The predicted molar refractivity (Wildman–Crippen MR) is 149 cm³/mol. The van der Waals surface area contributed by atoms with E-state index >= 15 is 0 Å². The molecule has 4 aromatic rings. The lowest BCUT2D eigenvalue weighted by molar-refractivity contribution is -0.136.